The molecule has 1 aromatic carbocycles. The van der Waals surface area contributed by atoms with E-state index in [0.29, 0.717) is 11.1 Å². The SMILES string of the molecule is CSc1nnc(C#Cc2ccccc2)o1. The molecule has 2 rings (SSSR count). The Balaban J connectivity index is 2.18. The predicted molar refractivity (Wildman–Crippen MR) is 58.5 cm³/mol. The molecule has 0 fully saturated rings. The van der Waals surface area contributed by atoms with E-state index < -0.39 is 0 Å². The van der Waals surface area contributed by atoms with Crippen LogP contribution >= 0.6 is 11.8 Å². The van der Waals surface area contributed by atoms with Gasteiger partial charge in [0.05, 0.1) is 0 Å². The van der Waals surface area contributed by atoms with Gasteiger partial charge < -0.3 is 4.42 Å². The maximum atomic E-state index is 5.22. The third kappa shape index (κ3) is 2.61. The van der Waals surface area contributed by atoms with Crippen molar-refractivity contribution in [1.29, 1.82) is 0 Å². The van der Waals surface area contributed by atoms with Gasteiger partial charge in [0.2, 0.25) is 0 Å². The Morgan fingerprint density at radius 2 is 1.93 bits per heavy atom. The third-order valence-electron chi connectivity index (χ3n) is 1.67. The minimum absolute atomic E-state index is 0.350. The molecular formula is C11H8N2OS. The molecule has 0 aliphatic heterocycles. The van der Waals surface area contributed by atoms with Gasteiger partial charge in [-0.25, -0.2) is 0 Å². The molecule has 74 valence electrons. The van der Waals surface area contributed by atoms with Gasteiger partial charge in [-0.15, -0.1) is 5.10 Å². The number of rotatable bonds is 1. The minimum Gasteiger partial charge on any atom is -0.404 e. The summed E-state index contributed by atoms with van der Waals surface area (Å²) in [4.78, 5) is 0. The lowest BCUT2D eigenvalue weighted by Gasteiger charge is -1.84. The maximum absolute atomic E-state index is 5.22. The molecule has 3 nitrogen and oxygen atoms in total. The van der Waals surface area contributed by atoms with Gasteiger partial charge in [-0.05, 0) is 24.3 Å². The predicted octanol–water partition coefficient (Wildman–Crippen LogP) is 2.19. The Morgan fingerprint density at radius 3 is 2.60 bits per heavy atom. The Bertz CT molecular complexity index is 496. The van der Waals surface area contributed by atoms with Crippen molar-refractivity contribution < 1.29 is 4.42 Å². The summed E-state index contributed by atoms with van der Waals surface area (Å²) in [5.74, 6) is 6.11. The van der Waals surface area contributed by atoms with Crippen LogP contribution in [-0.2, 0) is 0 Å². The van der Waals surface area contributed by atoms with Crippen LogP contribution in [-0.4, -0.2) is 16.5 Å². The van der Waals surface area contributed by atoms with E-state index in [1.165, 1.54) is 11.8 Å². The second-order valence-corrected chi connectivity index (χ2v) is 3.45. The van der Waals surface area contributed by atoms with Gasteiger partial charge in [0, 0.05) is 5.56 Å². The van der Waals surface area contributed by atoms with Crippen LogP contribution in [0.25, 0.3) is 0 Å². The average molecular weight is 216 g/mol. The smallest absolute Gasteiger partial charge is 0.294 e. The summed E-state index contributed by atoms with van der Waals surface area (Å²) >= 11 is 1.40. The van der Waals surface area contributed by atoms with Crippen LogP contribution < -0.4 is 0 Å². The fraction of sp³-hybridized carbons (Fsp3) is 0.0909. The number of thioether (sulfide) groups is 1. The van der Waals surface area contributed by atoms with Crippen molar-refractivity contribution >= 4 is 11.8 Å². The molecule has 0 atom stereocenters. The molecule has 0 saturated heterocycles. The van der Waals surface area contributed by atoms with E-state index in [1.54, 1.807) is 0 Å². The highest BCUT2D eigenvalue weighted by atomic mass is 32.2. The summed E-state index contributed by atoms with van der Waals surface area (Å²) in [5.41, 5.74) is 0.932. The quantitative estimate of drug-likeness (QED) is 0.541. The zero-order valence-electron chi connectivity index (χ0n) is 8.10. The monoisotopic (exact) mass is 216 g/mol. The van der Waals surface area contributed by atoms with Crippen molar-refractivity contribution in [2.24, 2.45) is 0 Å². The van der Waals surface area contributed by atoms with E-state index in [1.807, 2.05) is 36.6 Å². The summed E-state index contributed by atoms with van der Waals surface area (Å²) in [6.07, 6.45) is 1.88. The van der Waals surface area contributed by atoms with Crippen LogP contribution in [0.2, 0.25) is 0 Å². The summed E-state index contributed by atoms with van der Waals surface area (Å²) in [5, 5.41) is 8.12. The number of benzene rings is 1. The van der Waals surface area contributed by atoms with E-state index in [-0.39, 0.29) is 0 Å². The molecule has 0 aliphatic rings. The molecule has 0 bridgehead atoms. The highest BCUT2D eigenvalue weighted by molar-refractivity contribution is 7.98. The first-order valence-electron chi connectivity index (χ1n) is 4.33. The van der Waals surface area contributed by atoms with E-state index in [4.69, 9.17) is 4.42 Å². The first kappa shape index (κ1) is 9.81. The molecular weight excluding hydrogens is 208 g/mol. The van der Waals surface area contributed by atoms with Crippen molar-refractivity contribution in [2.75, 3.05) is 6.26 Å². The van der Waals surface area contributed by atoms with Crippen LogP contribution in [0, 0.1) is 11.8 Å². The maximum Gasteiger partial charge on any atom is 0.294 e. The lowest BCUT2D eigenvalue weighted by Crippen LogP contribution is -1.74. The van der Waals surface area contributed by atoms with Crippen LogP contribution in [0.4, 0.5) is 0 Å². The largest absolute Gasteiger partial charge is 0.404 e. The fourth-order valence-corrected chi connectivity index (χ4v) is 1.27. The number of hydrogen-bond acceptors (Lipinski definition) is 4. The van der Waals surface area contributed by atoms with Gasteiger partial charge in [-0.1, -0.05) is 41.0 Å². The van der Waals surface area contributed by atoms with Crippen molar-refractivity contribution in [1.82, 2.24) is 10.2 Å². The third-order valence-corrected chi connectivity index (χ3v) is 2.18. The molecule has 1 heterocycles. The van der Waals surface area contributed by atoms with Crippen LogP contribution in [0.1, 0.15) is 11.5 Å². The molecule has 1 aromatic heterocycles. The minimum atomic E-state index is 0.350. The van der Waals surface area contributed by atoms with Gasteiger partial charge in [-0.3, -0.25) is 0 Å². The summed E-state index contributed by atoms with van der Waals surface area (Å²) in [6, 6.07) is 9.68. The zero-order valence-corrected chi connectivity index (χ0v) is 8.91. The van der Waals surface area contributed by atoms with E-state index in [0.717, 1.165) is 5.56 Å². The normalized spacial score (nSPS) is 9.40. The molecule has 0 saturated carbocycles. The van der Waals surface area contributed by atoms with Gasteiger partial charge in [-0.2, -0.15) is 0 Å². The zero-order chi connectivity index (χ0) is 10.5. The Labute approximate surface area is 91.9 Å². The molecule has 2 aromatic rings. The molecule has 0 radical (unpaired) electrons. The number of aromatic nitrogens is 2. The second kappa shape index (κ2) is 4.67. The first-order valence-corrected chi connectivity index (χ1v) is 5.55. The number of hydrogen-bond donors (Lipinski definition) is 0. The molecule has 0 N–H and O–H groups in total. The van der Waals surface area contributed by atoms with E-state index in [2.05, 4.69) is 22.0 Å². The molecule has 0 unspecified atom stereocenters. The van der Waals surface area contributed by atoms with Gasteiger partial charge in [0.25, 0.3) is 11.1 Å². The number of nitrogens with zero attached hydrogens (tertiary/aromatic N) is 2. The van der Waals surface area contributed by atoms with Crippen LogP contribution in [0.15, 0.2) is 40.0 Å². The topological polar surface area (TPSA) is 38.9 Å². The lowest BCUT2D eigenvalue weighted by molar-refractivity contribution is 0.444. The van der Waals surface area contributed by atoms with E-state index in [9.17, 15) is 0 Å². The van der Waals surface area contributed by atoms with Crippen molar-refractivity contribution in [2.45, 2.75) is 5.22 Å². The summed E-state index contributed by atoms with van der Waals surface area (Å²) in [7, 11) is 0. The van der Waals surface area contributed by atoms with E-state index >= 15 is 0 Å². The van der Waals surface area contributed by atoms with Gasteiger partial charge in [0.15, 0.2) is 0 Å². The highest BCUT2D eigenvalue weighted by Gasteiger charge is 1.99. The van der Waals surface area contributed by atoms with Gasteiger partial charge in [0.1, 0.15) is 0 Å². The standard InChI is InChI=1S/C11H8N2OS/c1-15-11-13-12-10(14-11)8-7-9-5-3-2-4-6-9/h2-6H,1H3. The van der Waals surface area contributed by atoms with Crippen LogP contribution in [0.5, 0.6) is 0 Å². The lowest BCUT2D eigenvalue weighted by atomic mass is 10.2. The van der Waals surface area contributed by atoms with Crippen molar-refractivity contribution in [3.05, 3.63) is 41.8 Å². The molecule has 0 amide bonds. The Kier molecular flexibility index (Phi) is 3.05. The molecule has 0 aliphatic carbocycles. The average Bonchev–Trinajstić information content (AvgIpc) is 2.76. The molecule has 15 heavy (non-hydrogen) atoms. The Hall–Kier alpha value is -1.73. The fourth-order valence-electron chi connectivity index (χ4n) is 0.990. The molecule has 0 spiro atoms. The Morgan fingerprint density at radius 1 is 1.13 bits per heavy atom. The molecule has 4 heteroatoms. The summed E-state index contributed by atoms with van der Waals surface area (Å²) < 4.78 is 5.22. The second-order valence-electron chi connectivity index (χ2n) is 2.69. The van der Waals surface area contributed by atoms with Gasteiger partial charge >= 0.3 is 0 Å². The first-order chi connectivity index (χ1) is 7.38. The van der Waals surface area contributed by atoms with Crippen molar-refractivity contribution in [3.63, 3.8) is 0 Å². The highest BCUT2D eigenvalue weighted by Crippen LogP contribution is 2.10. The van der Waals surface area contributed by atoms with Crippen molar-refractivity contribution in [3.8, 4) is 11.8 Å². The van der Waals surface area contributed by atoms with Crippen LogP contribution in [0.3, 0.4) is 0 Å². The summed E-state index contributed by atoms with van der Waals surface area (Å²) in [6.45, 7) is 0.